The van der Waals surface area contributed by atoms with Crippen LogP contribution in [0.2, 0.25) is 0 Å². The first-order valence-electron chi connectivity index (χ1n) is 9.75. The second kappa shape index (κ2) is 8.36. The number of pyridine rings is 1. The molecule has 1 aliphatic rings. The number of anilines is 1. The number of hydrogen-bond acceptors (Lipinski definition) is 3. The largest absolute Gasteiger partial charge is 0.324 e. The summed E-state index contributed by atoms with van der Waals surface area (Å²) in [7, 11) is 0. The smallest absolute Gasteiger partial charge is 0.228 e. The number of fused-ring (bicyclic) bond motifs is 1. The number of aromatic nitrogens is 1. The molecule has 1 aliphatic heterocycles. The summed E-state index contributed by atoms with van der Waals surface area (Å²) in [5, 5.41) is 3.08. The molecule has 1 aromatic heterocycles. The van der Waals surface area contributed by atoms with E-state index in [4.69, 9.17) is 0 Å². The second-order valence-corrected chi connectivity index (χ2v) is 7.48. The molecule has 28 heavy (non-hydrogen) atoms. The quantitative estimate of drug-likeness (QED) is 0.733. The molecule has 0 unspecified atom stereocenters. The third-order valence-electron chi connectivity index (χ3n) is 5.19. The van der Waals surface area contributed by atoms with Crippen LogP contribution in [0.3, 0.4) is 0 Å². The summed E-state index contributed by atoms with van der Waals surface area (Å²) >= 11 is 0. The number of rotatable bonds is 5. The minimum Gasteiger partial charge on any atom is -0.324 e. The maximum absolute atomic E-state index is 12.5. The Balaban J connectivity index is 1.43. The van der Waals surface area contributed by atoms with Crippen LogP contribution in [0.15, 0.2) is 67.0 Å². The molecule has 0 atom stereocenters. The Bertz CT molecular complexity index is 969. The highest BCUT2D eigenvalue weighted by Crippen LogP contribution is 2.26. The van der Waals surface area contributed by atoms with E-state index >= 15 is 0 Å². The zero-order chi connectivity index (χ0) is 19.3. The van der Waals surface area contributed by atoms with Crippen LogP contribution in [0.1, 0.15) is 27.8 Å². The Labute approximate surface area is 166 Å². The van der Waals surface area contributed by atoms with Gasteiger partial charge in [-0.2, -0.15) is 0 Å². The molecule has 1 N–H and O–H groups in total. The van der Waals surface area contributed by atoms with E-state index in [1.807, 2.05) is 37.4 Å². The summed E-state index contributed by atoms with van der Waals surface area (Å²) in [6, 6.07) is 18.6. The van der Waals surface area contributed by atoms with E-state index in [-0.39, 0.29) is 5.91 Å². The third kappa shape index (κ3) is 4.46. The van der Waals surface area contributed by atoms with Crippen LogP contribution in [-0.2, 0) is 30.7 Å². The maximum atomic E-state index is 12.5. The van der Waals surface area contributed by atoms with E-state index in [1.54, 1.807) is 6.20 Å². The lowest BCUT2D eigenvalue weighted by molar-refractivity contribution is -0.115. The highest BCUT2D eigenvalue weighted by molar-refractivity contribution is 5.93. The fraction of sp³-hybridized carbons (Fsp3) is 0.250. The third-order valence-corrected chi connectivity index (χ3v) is 5.19. The maximum Gasteiger partial charge on any atom is 0.228 e. The number of carbonyl (C=O) groups is 1. The van der Waals surface area contributed by atoms with Crippen LogP contribution in [0.4, 0.5) is 5.69 Å². The number of hydrogen-bond donors (Lipinski definition) is 1. The molecule has 0 radical (unpaired) electrons. The first-order valence-corrected chi connectivity index (χ1v) is 9.75. The van der Waals surface area contributed by atoms with Gasteiger partial charge in [0.05, 0.1) is 18.3 Å². The van der Waals surface area contributed by atoms with Crippen LogP contribution in [-0.4, -0.2) is 22.3 Å². The van der Waals surface area contributed by atoms with Crippen LogP contribution < -0.4 is 5.32 Å². The average Bonchev–Trinajstić information content (AvgIpc) is 2.69. The van der Waals surface area contributed by atoms with Crippen molar-refractivity contribution in [3.8, 4) is 0 Å². The molecule has 3 aromatic rings. The first kappa shape index (κ1) is 18.4. The molecule has 1 amide bonds. The van der Waals surface area contributed by atoms with Crippen molar-refractivity contribution in [1.29, 1.82) is 0 Å². The van der Waals surface area contributed by atoms with Gasteiger partial charge in [-0.1, -0.05) is 60.2 Å². The van der Waals surface area contributed by atoms with E-state index in [1.165, 1.54) is 22.3 Å². The second-order valence-electron chi connectivity index (χ2n) is 7.48. The van der Waals surface area contributed by atoms with Crippen LogP contribution >= 0.6 is 0 Å². The van der Waals surface area contributed by atoms with Gasteiger partial charge in [0.25, 0.3) is 0 Å². The van der Waals surface area contributed by atoms with Crippen molar-refractivity contribution in [3.63, 3.8) is 0 Å². The number of carbonyl (C=O) groups excluding carboxylic acids is 1. The number of benzene rings is 2. The van der Waals surface area contributed by atoms with Gasteiger partial charge in [-0.25, -0.2) is 0 Å². The molecule has 0 saturated heterocycles. The van der Waals surface area contributed by atoms with Gasteiger partial charge in [0.1, 0.15) is 0 Å². The topological polar surface area (TPSA) is 45.2 Å². The summed E-state index contributed by atoms with van der Waals surface area (Å²) in [4.78, 5) is 19.3. The molecule has 0 fully saturated rings. The van der Waals surface area contributed by atoms with Crippen LogP contribution in [0.25, 0.3) is 0 Å². The highest BCUT2D eigenvalue weighted by atomic mass is 16.1. The number of amides is 1. The molecular formula is C24H25N3O. The number of nitrogens with zero attached hydrogens (tertiary/aromatic N) is 2. The van der Waals surface area contributed by atoms with Gasteiger partial charge in [-0.3, -0.25) is 14.7 Å². The normalized spacial score (nSPS) is 13.8. The fourth-order valence-corrected chi connectivity index (χ4v) is 3.84. The van der Waals surface area contributed by atoms with Gasteiger partial charge in [-0.15, -0.1) is 0 Å². The Morgan fingerprint density at radius 2 is 1.89 bits per heavy atom. The van der Waals surface area contributed by atoms with E-state index in [2.05, 4.69) is 45.5 Å². The molecule has 142 valence electrons. The van der Waals surface area contributed by atoms with E-state index < -0.39 is 0 Å². The Hall–Kier alpha value is -2.98. The summed E-state index contributed by atoms with van der Waals surface area (Å²) in [6.45, 7) is 4.82. The van der Waals surface area contributed by atoms with Crippen molar-refractivity contribution in [2.24, 2.45) is 0 Å². The minimum absolute atomic E-state index is 0.00696. The molecule has 2 heterocycles. The molecule has 4 rings (SSSR count). The summed E-state index contributed by atoms with van der Waals surface area (Å²) in [6.07, 6.45) is 5.01. The van der Waals surface area contributed by atoms with Gasteiger partial charge >= 0.3 is 0 Å². The van der Waals surface area contributed by atoms with Gasteiger partial charge < -0.3 is 5.32 Å². The predicted octanol–water partition coefficient (Wildman–Crippen LogP) is 4.13. The van der Waals surface area contributed by atoms with Crippen molar-refractivity contribution >= 4 is 11.6 Å². The Morgan fingerprint density at radius 3 is 2.71 bits per heavy atom. The summed E-state index contributed by atoms with van der Waals surface area (Å²) < 4.78 is 0. The van der Waals surface area contributed by atoms with Gasteiger partial charge in [0.15, 0.2) is 0 Å². The van der Waals surface area contributed by atoms with Crippen LogP contribution in [0.5, 0.6) is 0 Å². The number of aryl methyl sites for hydroxylation is 1. The van der Waals surface area contributed by atoms with Crippen molar-refractivity contribution in [2.45, 2.75) is 32.9 Å². The number of nitrogens with one attached hydrogen (secondary N) is 1. The van der Waals surface area contributed by atoms with Gasteiger partial charge in [0, 0.05) is 25.8 Å². The van der Waals surface area contributed by atoms with Crippen LogP contribution in [0, 0.1) is 6.92 Å². The van der Waals surface area contributed by atoms with E-state index in [0.717, 1.165) is 37.3 Å². The summed E-state index contributed by atoms with van der Waals surface area (Å²) in [5.74, 6) is 0.00696. The van der Waals surface area contributed by atoms with E-state index in [0.29, 0.717) is 6.42 Å². The van der Waals surface area contributed by atoms with Gasteiger partial charge in [-0.05, 0) is 35.6 Å². The highest BCUT2D eigenvalue weighted by Gasteiger charge is 2.20. The molecule has 0 saturated carbocycles. The molecule has 0 spiro atoms. The summed E-state index contributed by atoms with van der Waals surface area (Å²) in [5.41, 5.74) is 6.80. The minimum atomic E-state index is 0.00696. The van der Waals surface area contributed by atoms with Gasteiger partial charge in [0.2, 0.25) is 5.91 Å². The Morgan fingerprint density at radius 1 is 1.07 bits per heavy atom. The molecule has 0 bridgehead atoms. The molecule has 2 aromatic carbocycles. The standard InChI is InChI=1S/C24H25N3O/c1-18-6-5-9-20(12-18)13-24(28)26-23-15-25-14-21-17-27(11-10-22(21)23)16-19-7-3-2-4-8-19/h2-9,12,14-15H,10-11,13,16-17H2,1H3,(H,26,28). The van der Waals surface area contributed by atoms with E-state index in [9.17, 15) is 4.79 Å². The van der Waals surface area contributed by atoms with Crippen molar-refractivity contribution < 1.29 is 4.79 Å². The lowest BCUT2D eigenvalue weighted by Crippen LogP contribution is -2.31. The zero-order valence-corrected chi connectivity index (χ0v) is 16.2. The predicted molar refractivity (Wildman–Crippen MR) is 112 cm³/mol. The van der Waals surface area contributed by atoms with Crippen molar-refractivity contribution in [2.75, 3.05) is 11.9 Å². The molecular weight excluding hydrogens is 346 g/mol. The molecule has 4 nitrogen and oxygen atoms in total. The SMILES string of the molecule is Cc1cccc(CC(=O)Nc2cncc3c2CCN(Cc2ccccc2)C3)c1. The Kier molecular flexibility index (Phi) is 5.49. The molecule has 4 heteroatoms. The molecule has 0 aliphatic carbocycles. The lowest BCUT2D eigenvalue weighted by Gasteiger charge is -2.29. The average molecular weight is 371 g/mol. The monoisotopic (exact) mass is 371 g/mol. The zero-order valence-electron chi connectivity index (χ0n) is 16.2. The van der Waals surface area contributed by atoms with Crippen molar-refractivity contribution in [1.82, 2.24) is 9.88 Å². The fourth-order valence-electron chi connectivity index (χ4n) is 3.84. The first-order chi connectivity index (χ1) is 13.7. The van der Waals surface area contributed by atoms with Crippen molar-refractivity contribution in [3.05, 3.63) is 94.8 Å². The lowest BCUT2D eigenvalue weighted by atomic mass is 9.99.